The number of H-pyrrole nitrogens is 1. The first-order valence-electron chi connectivity index (χ1n) is 7.99. The first kappa shape index (κ1) is 14.9. The van der Waals surface area contributed by atoms with Gasteiger partial charge in [-0.25, -0.2) is 9.78 Å². The Labute approximate surface area is 151 Å². The smallest absolute Gasteiger partial charge is 0.349 e. The largest absolute Gasteiger partial charge is 0.486 e. The molecule has 0 atom stereocenters. The topological polar surface area (TPSA) is 72.3 Å². The molecule has 1 aromatic carbocycles. The molecule has 5 rings (SSSR count). The maximum absolute atomic E-state index is 12.3. The summed E-state index contributed by atoms with van der Waals surface area (Å²) in [4.78, 5) is 22.0. The minimum atomic E-state index is -0.271. The molecule has 25 heavy (non-hydrogen) atoms. The Morgan fingerprint density at radius 2 is 2.12 bits per heavy atom. The summed E-state index contributed by atoms with van der Waals surface area (Å²) in [6.45, 7) is 0.191. The van der Waals surface area contributed by atoms with E-state index in [1.807, 2.05) is 0 Å². The van der Waals surface area contributed by atoms with Crippen molar-refractivity contribution in [1.29, 1.82) is 0 Å². The van der Waals surface area contributed by atoms with Gasteiger partial charge >= 0.3 is 5.69 Å². The third-order valence-electron chi connectivity index (χ3n) is 4.39. The lowest BCUT2D eigenvalue weighted by Gasteiger charge is -2.02. The number of hydrogen-bond donors (Lipinski definition) is 1. The van der Waals surface area contributed by atoms with E-state index >= 15 is 0 Å². The molecule has 4 aromatic rings. The summed E-state index contributed by atoms with van der Waals surface area (Å²) in [5.41, 5.74) is 1.65. The predicted molar refractivity (Wildman–Crippen MR) is 96.8 cm³/mol. The number of hydrogen-bond acceptors (Lipinski definition) is 5. The lowest BCUT2D eigenvalue weighted by molar-refractivity contribution is 0.296. The highest BCUT2D eigenvalue weighted by Crippen LogP contribution is 2.37. The molecule has 0 bridgehead atoms. The van der Waals surface area contributed by atoms with Crippen LogP contribution in [-0.2, 0) is 19.4 Å². The van der Waals surface area contributed by atoms with Crippen LogP contribution in [0.2, 0.25) is 5.02 Å². The molecule has 8 heteroatoms. The van der Waals surface area contributed by atoms with E-state index in [2.05, 4.69) is 15.1 Å². The number of ether oxygens (including phenoxy) is 1. The number of aryl methyl sites for hydroxylation is 2. The number of fused-ring (bicyclic) bond motifs is 5. The molecule has 0 fully saturated rings. The first-order valence-corrected chi connectivity index (χ1v) is 9.19. The van der Waals surface area contributed by atoms with E-state index in [-0.39, 0.29) is 12.3 Å². The van der Waals surface area contributed by atoms with Crippen LogP contribution in [0, 0.1) is 0 Å². The molecule has 0 unspecified atom stereocenters. The van der Waals surface area contributed by atoms with Crippen molar-refractivity contribution in [1.82, 2.24) is 19.6 Å². The summed E-state index contributed by atoms with van der Waals surface area (Å²) < 4.78 is 7.04. The number of halogens is 1. The van der Waals surface area contributed by atoms with Gasteiger partial charge < -0.3 is 4.74 Å². The zero-order chi connectivity index (χ0) is 17.0. The van der Waals surface area contributed by atoms with Gasteiger partial charge in [0, 0.05) is 9.90 Å². The molecule has 126 valence electrons. The Kier molecular flexibility index (Phi) is 3.33. The SMILES string of the molecule is O=c1[nH]c2sc3c(c2c2nc(COc4ccc(Cl)cc4)nn12)CCC3. The third kappa shape index (κ3) is 2.42. The molecule has 1 aliphatic carbocycles. The second kappa shape index (κ2) is 5.57. The minimum Gasteiger partial charge on any atom is -0.486 e. The summed E-state index contributed by atoms with van der Waals surface area (Å²) in [6.07, 6.45) is 3.26. The summed E-state index contributed by atoms with van der Waals surface area (Å²) in [5, 5.41) is 6.00. The van der Waals surface area contributed by atoms with Gasteiger partial charge in [-0.05, 0) is 49.1 Å². The molecule has 1 N–H and O–H groups in total. The van der Waals surface area contributed by atoms with Crippen LogP contribution in [0.1, 0.15) is 22.7 Å². The highest BCUT2D eigenvalue weighted by Gasteiger charge is 2.22. The van der Waals surface area contributed by atoms with Gasteiger partial charge in [0.15, 0.2) is 11.5 Å². The second-order valence-corrected chi connectivity index (χ2v) is 7.54. The number of thiophene rings is 1. The molecule has 6 nitrogen and oxygen atoms in total. The van der Waals surface area contributed by atoms with Crippen molar-refractivity contribution in [3.8, 4) is 5.75 Å². The van der Waals surface area contributed by atoms with Crippen LogP contribution < -0.4 is 10.4 Å². The number of aromatic amines is 1. The summed E-state index contributed by atoms with van der Waals surface area (Å²) in [6, 6.07) is 7.09. The monoisotopic (exact) mass is 372 g/mol. The third-order valence-corrected chi connectivity index (χ3v) is 5.85. The van der Waals surface area contributed by atoms with Crippen molar-refractivity contribution in [2.24, 2.45) is 0 Å². The molecular formula is C17H13ClN4O2S. The van der Waals surface area contributed by atoms with Crippen LogP contribution in [0.5, 0.6) is 5.75 Å². The molecular weight excluding hydrogens is 360 g/mol. The number of aromatic nitrogens is 4. The van der Waals surface area contributed by atoms with E-state index in [9.17, 15) is 4.79 Å². The van der Waals surface area contributed by atoms with Crippen LogP contribution in [0.3, 0.4) is 0 Å². The average molecular weight is 373 g/mol. The molecule has 3 aromatic heterocycles. The van der Waals surface area contributed by atoms with Crippen LogP contribution in [0.4, 0.5) is 0 Å². The zero-order valence-corrected chi connectivity index (χ0v) is 14.7. The van der Waals surface area contributed by atoms with Crippen molar-refractivity contribution in [3.05, 3.63) is 56.0 Å². The van der Waals surface area contributed by atoms with E-state index in [1.165, 1.54) is 15.0 Å². The fraction of sp³-hybridized carbons (Fsp3) is 0.235. The zero-order valence-electron chi connectivity index (χ0n) is 13.1. The molecule has 0 amide bonds. The van der Waals surface area contributed by atoms with Gasteiger partial charge in [-0.3, -0.25) is 4.98 Å². The molecule has 3 heterocycles. The maximum Gasteiger partial charge on any atom is 0.349 e. The summed E-state index contributed by atoms with van der Waals surface area (Å²) in [5.74, 6) is 1.16. The molecule has 0 saturated carbocycles. The van der Waals surface area contributed by atoms with Crippen LogP contribution in [-0.4, -0.2) is 19.6 Å². The fourth-order valence-electron chi connectivity index (χ4n) is 3.28. The predicted octanol–water partition coefficient (Wildman–Crippen LogP) is 3.35. The van der Waals surface area contributed by atoms with Gasteiger partial charge in [0.2, 0.25) is 0 Å². The minimum absolute atomic E-state index is 0.191. The Hall–Kier alpha value is -2.38. The Bertz CT molecular complexity index is 1160. The lowest BCUT2D eigenvalue weighted by atomic mass is 10.2. The number of rotatable bonds is 3. The quantitative estimate of drug-likeness (QED) is 0.598. The molecule has 0 radical (unpaired) electrons. The number of nitrogens with one attached hydrogen (secondary N) is 1. The second-order valence-electron chi connectivity index (χ2n) is 6.00. The Morgan fingerprint density at radius 1 is 1.28 bits per heavy atom. The van der Waals surface area contributed by atoms with E-state index in [1.54, 1.807) is 35.6 Å². The summed E-state index contributed by atoms with van der Waals surface area (Å²) >= 11 is 7.53. The van der Waals surface area contributed by atoms with Crippen molar-refractivity contribution in [3.63, 3.8) is 0 Å². The average Bonchev–Trinajstić information content (AvgIpc) is 3.28. The number of nitrogens with zero attached hydrogens (tertiary/aromatic N) is 3. The van der Waals surface area contributed by atoms with Crippen LogP contribution in [0.15, 0.2) is 29.1 Å². The van der Waals surface area contributed by atoms with E-state index < -0.39 is 0 Å². The van der Waals surface area contributed by atoms with Crippen molar-refractivity contribution in [2.75, 3.05) is 0 Å². The molecule has 0 saturated heterocycles. The molecule has 0 spiro atoms. The maximum atomic E-state index is 12.3. The molecule has 1 aliphatic rings. The van der Waals surface area contributed by atoms with Gasteiger partial charge in [0.1, 0.15) is 17.2 Å². The highest BCUT2D eigenvalue weighted by atomic mass is 35.5. The van der Waals surface area contributed by atoms with Gasteiger partial charge in [0.05, 0.1) is 5.39 Å². The van der Waals surface area contributed by atoms with E-state index in [0.29, 0.717) is 22.2 Å². The van der Waals surface area contributed by atoms with E-state index in [0.717, 1.165) is 29.5 Å². The lowest BCUT2D eigenvalue weighted by Crippen LogP contribution is -2.17. The van der Waals surface area contributed by atoms with Gasteiger partial charge in [-0.2, -0.15) is 4.52 Å². The van der Waals surface area contributed by atoms with Crippen molar-refractivity contribution < 1.29 is 4.74 Å². The van der Waals surface area contributed by atoms with Gasteiger partial charge in [-0.1, -0.05) is 11.6 Å². The molecule has 0 aliphatic heterocycles. The van der Waals surface area contributed by atoms with Crippen LogP contribution >= 0.6 is 22.9 Å². The normalized spacial score (nSPS) is 13.6. The standard InChI is InChI=1S/C17H13ClN4O2S/c18-9-4-6-10(7-5-9)24-8-13-19-15-14-11-2-1-3-12(11)25-16(14)20-17(23)22(15)21-13/h4-7H,1-3,8H2,(H,20,23). The Balaban J connectivity index is 1.56. The fourth-order valence-corrected chi connectivity index (χ4v) is 4.68. The number of benzene rings is 1. The Morgan fingerprint density at radius 3 is 2.96 bits per heavy atom. The van der Waals surface area contributed by atoms with Gasteiger partial charge in [0.25, 0.3) is 0 Å². The highest BCUT2D eigenvalue weighted by molar-refractivity contribution is 7.19. The van der Waals surface area contributed by atoms with Crippen molar-refractivity contribution >= 4 is 38.8 Å². The van der Waals surface area contributed by atoms with Crippen LogP contribution in [0.25, 0.3) is 15.9 Å². The summed E-state index contributed by atoms with van der Waals surface area (Å²) in [7, 11) is 0. The van der Waals surface area contributed by atoms with Crippen molar-refractivity contribution in [2.45, 2.75) is 25.9 Å². The van der Waals surface area contributed by atoms with Gasteiger partial charge in [-0.15, -0.1) is 16.4 Å². The first-order chi connectivity index (χ1) is 12.2. The van der Waals surface area contributed by atoms with E-state index in [4.69, 9.17) is 16.3 Å².